The molecule has 1 rings (SSSR count). The Labute approximate surface area is 122 Å². The minimum absolute atomic E-state index is 0.254. The van der Waals surface area contributed by atoms with Crippen LogP contribution in [0.5, 0.6) is 0 Å². The molecule has 0 saturated carbocycles. The number of hydrogen-bond acceptors (Lipinski definition) is 3. The number of piperidine rings is 1. The molecule has 1 heterocycles. The standard InChI is InChI=1S/C13H22F3N3O2/c1-3-9-4-5-17-10(6-9)12(21)19(2)7-11(20)18-8-13(14,15)16/h9-10,17H,3-8H2,1-2H3,(H,18,20). The molecule has 0 bridgehead atoms. The highest BCUT2D eigenvalue weighted by molar-refractivity contribution is 5.87. The van der Waals surface area contributed by atoms with Crippen LogP contribution in [0.2, 0.25) is 0 Å². The van der Waals surface area contributed by atoms with Gasteiger partial charge in [0.1, 0.15) is 6.54 Å². The largest absolute Gasteiger partial charge is 0.405 e. The van der Waals surface area contributed by atoms with Crippen molar-refractivity contribution >= 4 is 11.8 Å². The fraction of sp³-hybridized carbons (Fsp3) is 0.846. The maximum Gasteiger partial charge on any atom is 0.405 e. The number of alkyl halides is 3. The molecule has 5 nitrogen and oxygen atoms in total. The maximum atomic E-state index is 12.2. The van der Waals surface area contributed by atoms with E-state index in [1.54, 1.807) is 5.32 Å². The predicted octanol–water partition coefficient (Wildman–Crippen LogP) is 0.901. The number of rotatable bonds is 5. The van der Waals surface area contributed by atoms with E-state index in [4.69, 9.17) is 0 Å². The Hall–Kier alpha value is -1.31. The Morgan fingerprint density at radius 3 is 2.62 bits per heavy atom. The number of nitrogens with zero attached hydrogens (tertiary/aromatic N) is 1. The molecule has 0 aromatic rings. The lowest BCUT2D eigenvalue weighted by molar-refractivity contribution is -0.142. The van der Waals surface area contributed by atoms with Crippen molar-refractivity contribution in [3.05, 3.63) is 0 Å². The molecule has 0 aliphatic carbocycles. The lowest BCUT2D eigenvalue weighted by Gasteiger charge is -2.31. The number of likely N-dealkylation sites (N-methyl/N-ethyl adjacent to an activating group) is 1. The van der Waals surface area contributed by atoms with Crippen molar-refractivity contribution < 1.29 is 22.8 Å². The van der Waals surface area contributed by atoms with E-state index in [9.17, 15) is 22.8 Å². The van der Waals surface area contributed by atoms with Crippen LogP contribution in [-0.2, 0) is 9.59 Å². The molecule has 2 atom stereocenters. The minimum Gasteiger partial charge on any atom is -0.345 e. The third kappa shape index (κ3) is 6.33. The third-order valence-corrected chi connectivity index (χ3v) is 3.63. The smallest absolute Gasteiger partial charge is 0.345 e. The highest BCUT2D eigenvalue weighted by atomic mass is 19.4. The van der Waals surface area contributed by atoms with Gasteiger partial charge in [0.15, 0.2) is 0 Å². The van der Waals surface area contributed by atoms with Gasteiger partial charge in [0.25, 0.3) is 0 Å². The molecule has 1 aliphatic rings. The summed E-state index contributed by atoms with van der Waals surface area (Å²) >= 11 is 0. The molecule has 2 unspecified atom stereocenters. The summed E-state index contributed by atoms with van der Waals surface area (Å²) in [7, 11) is 1.42. The Balaban J connectivity index is 2.41. The van der Waals surface area contributed by atoms with Crippen LogP contribution in [0.25, 0.3) is 0 Å². The van der Waals surface area contributed by atoms with Crippen molar-refractivity contribution in [3.63, 3.8) is 0 Å². The monoisotopic (exact) mass is 309 g/mol. The normalized spacial score (nSPS) is 22.7. The summed E-state index contributed by atoms with van der Waals surface area (Å²) in [5, 5.41) is 4.84. The van der Waals surface area contributed by atoms with Crippen molar-refractivity contribution in [2.75, 3.05) is 26.7 Å². The van der Waals surface area contributed by atoms with E-state index in [-0.39, 0.29) is 18.5 Å². The number of halogens is 3. The van der Waals surface area contributed by atoms with E-state index in [0.717, 1.165) is 19.4 Å². The lowest BCUT2D eigenvalue weighted by atomic mass is 9.90. The molecule has 21 heavy (non-hydrogen) atoms. The number of carbonyl (C=O) groups excluding carboxylic acids is 2. The molecule has 0 spiro atoms. The van der Waals surface area contributed by atoms with Gasteiger partial charge in [-0.15, -0.1) is 0 Å². The zero-order chi connectivity index (χ0) is 16.0. The van der Waals surface area contributed by atoms with Gasteiger partial charge in [-0.2, -0.15) is 13.2 Å². The molecule has 8 heteroatoms. The quantitative estimate of drug-likeness (QED) is 0.793. The highest BCUT2D eigenvalue weighted by Gasteiger charge is 2.30. The van der Waals surface area contributed by atoms with E-state index < -0.39 is 18.6 Å². The highest BCUT2D eigenvalue weighted by Crippen LogP contribution is 2.20. The molecule has 2 N–H and O–H groups in total. The Morgan fingerprint density at radius 2 is 2.05 bits per heavy atom. The molecule has 0 aromatic carbocycles. The first-order valence-corrected chi connectivity index (χ1v) is 7.04. The zero-order valence-corrected chi connectivity index (χ0v) is 12.3. The first kappa shape index (κ1) is 17.7. The first-order chi connectivity index (χ1) is 9.73. The van der Waals surface area contributed by atoms with E-state index in [1.165, 1.54) is 11.9 Å². The Morgan fingerprint density at radius 1 is 1.38 bits per heavy atom. The van der Waals surface area contributed by atoms with Gasteiger partial charge in [0, 0.05) is 7.05 Å². The second-order valence-corrected chi connectivity index (χ2v) is 5.39. The van der Waals surface area contributed by atoms with Gasteiger partial charge in [-0.05, 0) is 25.3 Å². The zero-order valence-electron chi connectivity index (χ0n) is 12.3. The van der Waals surface area contributed by atoms with Gasteiger partial charge in [-0.3, -0.25) is 9.59 Å². The van der Waals surface area contributed by atoms with E-state index in [1.807, 2.05) is 0 Å². The molecule has 0 radical (unpaired) electrons. The van der Waals surface area contributed by atoms with Crippen molar-refractivity contribution in [2.45, 2.75) is 38.4 Å². The Bertz CT molecular complexity index is 374. The van der Waals surface area contributed by atoms with Crippen LogP contribution in [0, 0.1) is 5.92 Å². The maximum absolute atomic E-state index is 12.2. The summed E-state index contributed by atoms with van der Waals surface area (Å²) < 4.78 is 35.9. The molecular formula is C13H22F3N3O2. The summed E-state index contributed by atoms with van der Waals surface area (Å²) in [6.07, 6.45) is -1.75. The first-order valence-electron chi connectivity index (χ1n) is 7.04. The number of hydrogen-bond donors (Lipinski definition) is 2. The van der Waals surface area contributed by atoms with Crippen LogP contribution >= 0.6 is 0 Å². The van der Waals surface area contributed by atoms with Crippen LogP contribution in [0.15, 0.2) is 0 Å². The SMILES string of the molecule is CCC1CCNC(C(=O)N(C)CC(=O)NCC(F)(F)F)C1. The number of amides is 2. The van der Waals surface area contributed by atoms with Crippen LogP contribution in [0.3, 0.4) is 0 Å². The van der Waals surface area contributed by atoms with Crippen molar-refractivity contribution in [3.8, 4) is 0 Å². The van der Waals surface area contributed by atoms with Crippen LogP contribution < -0.4 is 10.6 Å². The van der Waals surface area contributed by atoms with Gasteiger partial charge in [-0.1, -0.05) is 13.3 Å². The molecule has 1 fully saturated rings. The second-order valence-electron chi connectivity index (χ2n) is 5.39. The second kappa shape index (κ2) is 7.63. The molecule has 0 aromatic heterocycles. The van der Waals surface area contributed by atoms with E-state index in [0.29, 0.717) is 12.3 Å². The Kier molecular flexibility index (Phi) is 6.44. The topological polar surface area (TPSA) is 61.4 Å². The summed E-state index contributed by atoms with van der Waals surface area (Å²) in [5.74, 6) is -0.603. The number of nitrogens with one attached hydrogen (secondary N) is 2. The van der Waals surface area contributed by atoms with Gasteiger partial charge < -0.3 is 15.5 Å². The van der Waals surface area contributed by atoms with Gasteiger partial charge in [0.2, 0.25) is 11.8 Å². The van der Waals surface area contributed by atoms with Crippen LogP contribution in [0.4, 0.5) is 13.2 Å². The molecule has 1 aliphatic heterocycles. The van der Waals surface area contributed by atoms with Crippen molar-refractivity contribution in [1.82, 2.24) is 15.5 Å². The lowest BCUT2D eigenvalue weighted by Crippen LogP contribution is -2.51. The molecule has 1 saturated heterocycles. The predicted molar refractivity (Wildman–Crippen MR) is 71.5 cm³/mol. The average Bonchev–Trinajstić information content (AvgIpc) is 2.43. The van der Waals surface area contributed by atoms with Gasteiger partial charge >= 0.3 is 6.18 Å². The average molecular weight is 309 g/mol. The third-order valence-electron chi connectivity index (χ3n) is 3.63. The minimum atomic E-state index is -4.45. The fourth-order valence-corrected chi connectivity index (χ4v) is 2.37. The molecular weight excluding hydrogens is 287 g/mol. The number of carbonyl (C=O) groups is 2. The van der Waals surface area contributed by atoms with E-state index in [2.05, 4.69) is 12.2 Å². The molecule has 122 valence electrons. The van der Waals surface area contributed by atoms with E-state index >= 15 is 0 Å². The summed E-state index contributed by atoms with van der Waals surface area (Å²) in [5.41, 5.74) is 0. The fourth-order valence-electron chi connectivity index (χ4n) is 2.37. The van der Waals surface area contributed by atoms with Crippen LogP contribution in [-0.4, -0.2) is 55.6 Å². The summed E-state index contributed by atoms with van der Waals surface area (Å²) in [4.78, 5) is 24.7. The summed E-state index contributed by atoms with van der Waals surface area (Å²) in [6, 6.07) is -0.357. The van der Waals surface area contributed by atoms with Crippen molar-refractivity contribution in [2.24, 2.45) is 5.92 Å². The summed E-state index contributed by atoms with van der Waals surface area (Å²) in [6.45, 7) is 1.05. The molecule has 2 amide bonds. The van der Waals surface area contributed by atoms with Gasteiger partial charge in [-0.25, -0.2) is 0 Å². The van der Waals surface area contributed by atoms with Crippen LogP contribution in [0.1, 0.15) is 26.2 Å². The van der Waals surface area contributed by atoms with Gasteiger partial charge in [0.05, 0.1) is 12.6 Å². The van der Waals surface area contributed by atoms with Crippen molar-refractivity contribution in [1.29, 1.82) is 0 Å².